The molecular formula is C15H20ClFN2O2. The maximum absolute atomic E-state index is 12.7. The largest absolute Gasteiger partial charge is 0.355 e. The highest BCUT2D eigenvalue weighted by Crippen LogP contribution is 2.31. The Labute approximate surface area is 129 Å². The lowest BCUT2D eigenvalue weighted by molar-refractivity contribution is -0.121. The summed E-state index contributed by atoms with van der Waals surface area (Å²) in [5, 5.41) is 2.74. The first-order chi connectivity index (χ1) is 9.56. The van der Waals surface area contributed by atoms with Crippen LogP contribution in [0, 0.1) is 11.7 Å². The van der Waals surface area contributed by atoms with Gasteiger partial charge in [0.15, 0.2) is 5.78 Å². The van der Waals surface area contributed by atoms with Crippen molar-refractivity contribution >= 4 is 24.1 Å². The first kappa shape index (κ1) is 17.6. The summed E-state index contributed by atoms with van der Waals surface area (Å²) in [7, 11) is 0. The van der Waals surface area contributed by atoms with Crippen LogP contribution in [0.25, 0.3) is 0 Å². The fraction of sp³-hybridized carbons (Fsp3) is 0.467. The van der Waals surface area contributed by atoms with Crippen molar-refractivity contribution in [3.8, 4) is 0 Å². The third-order valence-corrected chi connectivity index (χ3v) is 3.51. The van der Waals surface area contributed by atoms with Crippen LogP contribution in [0.1, 0.15) is 36.0 Å². The van der Waals surface area contributed by atoms with E-state index in [4.69, 9.17) is 5.73 Å². The number of halogens is 2. The van der Waals surface area contributed by atoms with Crippen molar-refractivity contribution in [1.29, 1.82) is 0 Å². The molecule has 1 atom stereocenters. The molecular weight excluding hydrogens is 295 g/mol. The van der Waals surface area contributed by atoms with E-state index in [1.165, 1.54) is 24.3 Å². The predicted octanol–water partition coefficient (Wildman–Crippen LogP) is 2.06. The Morgan fingerprint density at radius 2 is 1.86 bits per heavy atom. The van der Waals surface area contributed by atoms with Crippen LogP contribution < -0.4 is 11.1 Å². The lowest BCUT2D eigenvalue weighted by atomic mass is 10.1. The molecule has 1 aliphatic rings. The van der Waals surface area contributed by atoms with Crippen molar-refractivity contribution < 1.29 is 14.0 Å². The molecule has 1 fully saturated rings. The molecule has 1 amide bonds. The summed E-state index contributed by atoms with van der Waals surface area (Å²) in [5.41, 5.74) is 6.30. The van der Waals surface area contributed by atoms with Gasteiger partial charge in [0, 0.05) is 31.0 Å². The van der Waals surface area contributed by atoms with Crippen molar-refractivity contribution in [3.05, 3.63) is 35.6 Å². The number of rotatable bonds is 7. The van der Waals surface area contributed by atoms with Gasteiger partial charge in [-0.2, -0.15) is 0 Å². The number of hydrogen-bond acceptors (Lipinski definition) is 3. The predicted molar refractivity (Wildman–Crippen MR) is 80.9 cm³/mol. The molecule has 2 rings (SSSR count). The number of nitrogens with two attached hydrogens (primary N) is 1. The summed E-state index contributed by atoms with van der Waals surface area (Å²) in [6.07, 6.45) is 2.53. The molecule has 1 aromatic rings. The van der Waals surface area contributed by atoms with Crippen molar-refractivity contribution in [1.82, 2.24) is 5.32 Å². The summed E-state index contributed by atoms with van der Waals surface area (Å²) < 4.78 is 12.7. The van der Waals surface area contributed by atoms with E-state index in [0.29, 0.717) is 18.0 Å². The van der Waals surface area contributed by atoms with E-state index in [2.05, 4.69) is 5.32 Å². The van der Waals surface area contributed by atoms with Gasteiger partial charge in [0.1, 0.15) is 5.82 Å². The standard InChI is InChI=1S/C15H19FN2O2.ClH/c16-12-5-3-11(4-6-12)14(19)7-8-15(20)18-9-13(17)10-1-2-10;/h3-6,10,13H,1-2,7-9,17H2,(H,18,20);1H. The van der Waals surface area contributed by atoms with Gasteiger partial charge in [-0.15, -0.1) is 12.4 Å². The number of Topliss-reactive ketones (excluding diaryl/α,β-unsaturated/α-hetero) is 1. The highest BCUT2D eigenvalue weighted by molar-refractivity contribution is 5.97. The molecule has 4 nitrogen and oxygen atoms in total. The van der Waals surface area contributed by atoms with Crippen LogP contribution in [0.2, 0.25) is 0 Å². The molecule has 6 heteroatoms. The fourth-order valence-electron chi connectivity index (χ4n) is 2.02. The molecule has 1 aromatic carbocycles. The Bertz CT molecular complexity index is 489. The van der Waals surface area contributed by atoms with Gasteiger partial charge < -0.3 is 11.1 Å². The van der Waals surface area contributed by atoms with Crippen LogP contribution in [0.3, 0.4) is 0 Å². The van der Waals surface area contributed by atoms with Gasteiger partial charge in [0.25, 0.3) is 0 Å². The van der Waals surface area contributed by atoms with Gasteiger partial charge >= 0.3 is 0 Å². The van der Waals surface area contributed by atoms with E-state index < -0.39 is 0 Å². The SMILES string of the molecule is Cl.NC(CNC(=O)CCC(=O)c1ccc(F)cc1)C1CC1. The molecule has 1 aliphatic carbocycles. The molecule has 0 saturated heterocycles. The molecule has 0 spiro atoms. The fourth-order valence-corrected chi connectivity index (χ4v) is 2.02. The van der Waals surface area contributed by atoms with Crippen molar-refractivity contribution in [3.63, 3.8) is 0 Å². The number of carbonyl (C=O) groups excluding carboxylic acids is 2. The Kier molecular flexibility index (Phi) is 6.78. The van der Waals surface area contributed by atoms with Gasteiger partial charge in [0.2, 0.25) is 5.91 Å². The first-order valence-corrected chi connectivity index (χ1v) is 6.87. The highest BCUT2D eigenvalue weighted by Gasteiger charge is 2.28. The van der Waals surface area contributed by atoms with Gasteiger partial charge in [-0.1, -0.05) is 0 Å². The van der Waals surface area contributed by atoms with E-state index in [-0.39, 0.29) is 48.8 Å². The number of benzene rings is 1. The minimum Gasteiger partial charge on any atom is -0.355 e. The second-order valence-corrected chi connectivity index (χ2v) is 5.24. The number of amides is 1. The zero-order valence-corrected chi connectivity index (χ0v) is 12.5. The zero-order valence-electron chi connectivity index (χ0n) is 11.7. The molecule has 0 heterocycles. The second kappa shape index (κ2) is 8.10. The lowest BCUT2D eigenvalue weighted by Crippen LogP contribution is -2.38. The minimum absolute atomic E-state index is 0. The molecule has 0 radical (unpaired) electrons. The van der Waals surface area contributed by atoms with Gasteiger partial charge in [-0.3, -0.25) is 9.59 Å². The van der Waals surface area contributed by atoms with Crippen LogP contribution in [0.4, 0.5) is 4.39 Å². The molecule has 1 saturated carbocycles. The lowest BCUT2D eigenvalue weighted by Gasteiger charge is -2.11. The normalized spacial score (nSPS) is 15.0. The number of hydrogen-bond donors (Lipinski definition) is 2. The monoisotopic (exact) mass is 314 g/mol. The Morgan fingerprint density at radius 1 is 1.24 bits per heavy atom. The molecule has 0 bridgehead atoms. The summed E-state index contributed by atoms with van der Waals surface area (Å²) in [5.74, 6) is -0.173. The summed E-state index contributed by atoms with van der Waals surface area (Å²) in [6, 6.07) is 5.35. The van der Waals surface area contributed by atoms with Crippen molar-refractivity contribution in [2.75, 3.05) is 6.54 Å². The summed E-state index contributed by atoms with van der Waals surface area (Å²) >= 11 is 0. The number of ketones is 1. The molecule has 3 N–H and O–H groups in total. The average Bonchev–Trinajstić information content (AvgIpc) is 3.27. The van der Waals surface area contributed by atoms with Crippen LogP contribution >= 0.6 is 12.4 Å². The van der Waals surface area contributed by atoms with E-state index in [0.717, 1.165) is 12.8 Å². The van der Waals surface area contributed by atoms with E-state index >= 15 is 0 Å². The third kappa shape index (κ3) is 5.81. The van der Waals surface area contributed by atoms with Crippen LogP contribution in [0.15, 0.2) is 24.3 Å². The van der Waals surface area contributed by atoms with Gasteiger partial charge in [-0.05, 0) is 43.0 Å². The van der Waals surface area contributed by atoms with Crippen molar-refractivity contribution in [2.24, 2.45) is 11.7 Å². The number of carbonyl (C=O) groups is 2. The quantitative estimate of drug-likeness (QED) is 0.757. The smallest absolute Gasteiger partial charge is 0.220 e. The summed E-state index contributed by atoms with van der Waals surface area (Å²) in [6.45, 7) is 0.467. The molecule has 0 aromatic heterocycles. The van der Waals surface area contributed by atoms with Gasteiger partial charge in [-0.25, -0.2) is 4.39 Å². The molecule has 21 heavy (non-hydrogen) atoms. The van der Waals surface area contributed by atoms with E-state index in [9.17, 15) is 14.0 Å². The second-order valence-electron chi connectivity index (χ2n) is 5.24. The third-order valence-electron chi connectivity index (χ3n) is 3.51. The Morgan fingerprint density at radius 3 is 2.43 bits per heavy atom. The topological polar surface area (TPSA) is 72.2 Å². The van der Waals surface area contributed by atoms with Crippen molar-refractivity contribution in [2.45, 2.75) is 31.7 Å². The maximum Gasteiger partial charge on any atom is 0.220 e. The van der Waals surface area contributed by atoms with Crippen LogP contribution in [-0.2, 0) is 4.79 Å². The zero-order chi connectivity index (χ0) is 14.5. The Hall–Kier alpha value is -1.46. The van der Waals surface area contributed by atoms with E-state index in [1.54, 1.807) is 0 Å². The number of nitrogens with one attached hydrogen (secondary N) is 1. The van der Waals surface area contributed by atoms with Crippen LogP contribution in [0.5, 0.6) is 0 Å². The Balaban J connectivity index is 0.00000220. The average molecular weight is 315 g/mol. The maximum atomic E-state index is 12.7. The first-order valence-electron chi connectivity index (χ1n) is 6.87. The van der Waals surface area contributed by atoms with E-state index in [1.807, 2.05) is 0 Å². The molecule has 1 unspecified atom stereocenters. The molecule has 0 aliphatic heterocycles. The highest BCUT2D eigenvalue weighted by atomic mass is 35.5. The van der Waals surface area contributed by atoms with Gasteiger partial charge in [0.05, 0.1) is 0 Å². The minimum atomic E-state index is -0.381. The van der Waals surface area contributed by atoms with Crippen LogP contribution in [-0.4, -0.2) is 24.3 Å². The molecule has 116 valence electrons. The summed E-state index contributed by atoms with van der Waals surface area (Å²) in [4.78, 5) is 23.4.